The second-order valence-corrected chi connectivity index (χ2v) is 8.01. The lowest BCUT2D eigenvalue weighted by Gasteiger charge is -2.12. The van der Waals surface area contributed by atoms with E-state index < -0.39 is 5.82 Å². The molecule has 4 aromatic heterocycles. The zero-order valence-corrected chi connectivity index (χ0v) is 19.5. The molecule has 0 unspecified atom stereocenters. The molecule has 0 aliphatic heterocycles. The molecule has 0 saturated carbocycles. The standard InChI is InChI=1S/C26H20FN7O/c1-6-21-29-12-18(15(3)33-21)24-23(22-16(4)30-13-31-25(22)34(24)5)17-7-8-20(19(27)11-17)35-26-28-10-9-14(2)32-26/h1,7-13H,2-5H3. The number of hydrogen-bond acceptors (Lipinski definition) is 7. The van der Waals surface area contributed by atoms with Gasteiger partial charge in [0.2, 0.25) is 5.82 Å². The molecule has 35 heavy (non-hydrogen) atoms. The minimum Gasteiger partial charge on any atom is -0.421 e. The third kappa shape index (κ3) is 3.85. The maximum atomic E-state index is 15.3. The molecule has 172 valence electrons. The Morgan fingerprint density at radius 1 is 1.00 bits per heavy atom. The quantitative estimate of drug-likeness (QED) is 0.355. The van der Waals surface area contributed by atoms with Gasteiger partial charge < -0.3 is 9.30 Å². The molecule has 0 amide bonds. The predicted molar refractivity (Wildman–Crippen MR) is 129 cm³/mol. The Kier molecular flexibility index (Phi) is 5.41. The first-order valence-electron chi connectivity index (χ1n) is 10.8. The first kappa shape index (κ1) is 22.1. The molecule has 5 aromatic rings. The molecular weight excluding hydrogens is 445 g/mol. The van der Waals surface area contributed by atoms with Gasteiger partial charge in [-0.1, -0.05) is 6.07 Å². The van der Waals surface area contributed by atoms with Crippen LogP contribution < -0.4 is 4.74 Å². The van der Waals surface area contributed by atoms with Crippen LogP contribution in [0.1, 0.15) is 22.9 Å². The molecule has 0 atom stereocenters. The van der Waals surface area contributed by atoms with E-state index in [9.17, 15) is 0 Å². The largest absolute Gasteiger partial charge is 0.421 e. The normalized spacial score (nSPS) is 11.0. The second-order valence-electron chi connectivity index (χ2n) is 8.01. The third-order valence-electron chi connectivity index (χ3n) is 5.71. The number of aryl methyl sites for hydroxylation is 4. The summed E-state index contributed by atoms with van der Waals surface area (Å²) < 4.78 is 22.8. The molecule has 0 aliphatic rings. The Hall–Kier alpha value is -4.71. The summed E-state index contributed by atoms with van der Waals surface area (Å²) in [7, 11) is 1.89. The van der Waals surface area contributed by atoms with E-state index in [1.54, 1.807) is 30.6 Å². The smallest absolute Gasteiger partial charge is 0.322 e. The Balaban J connectivity index is 1.71. The molecule has 0 radical (unpaired) electrons. The van der Waals surface area contributed by atoms with Gasteiger partial charge in [0.1, 0.15) is 12.0 Å². The molecule has 8 nitrogen and oxygen atoms in total. The van der Waals surface area contributed by atoms with Crippen LogP contribution in [0.15, 0.2) is 43.0 Å². The highest BCUT2D eigenvalue weighted by atomic mass is 19.1. The van der Waals surface area contributed by atoms with Crippen LogP contribution in [0.5, 0.6) is 11.8 Å². The lowest BCUT2D eigenvalue weighted by atomic mass is 9.98. The fraction of sp³-hybridized carbons (Fsp3) is 0.154. The van der Waals surface area contributed by atoms with Crippen LogP contribution in [-0.4, -0.2) is 34.5 Å². The average molecular weight is 465 g/mol. The van der Waals surface area contributed by atoms with Crippen LogP contribution in [0, 0.1) is 38.9 Å². The van der Waals surface area contributed by atoms with E-state index in [0.717, 1.165) is 33.6 Å². The molecule has 5 rings (SSSR count). The van der Waals surface area contributed by atoms with Gasteiger partial charge in [-0.05, 0) is 50.5 Å². The van der Waals surface area contributed by atoms with Gasteiger partial charge in [0, 0.05) is 41.6 Å². The number of ether oxygens (including phenoxy) is 1. The van der Waals surface area contributed by atoms with Crippen LogP contribution in [0.2, 0.25) is 0 Å². The van der Waals surface area contributed by atoms with Gasteiger partial charge in [-0.3, -0.25) is 0 Å². The van der Waals surface area contributed by atoms with Crippen molar-refractivity contribution < 1.29 is 9.13 Å². The summed E-state index contributed by atoms with van der Waals surface area (Å²) in [6, 6.07) is 6.57. The number of terminal acetylenes is 1. The highest BCUT2D eigenvalue weighted by molar-refractivity contribution is 6.04. The molecule has 9 heteroatoms. The lowest BCUT2D eigenvalue weighted by molar-refractivity contribution is 0.410. The van der Waals surface area contributed by atoms with Crippen LogP contribution in [0.4, 0.5) is 4.39 Å². The van der Waals surface area contributed by atoms with E-state index >= 15 is 4.39 Å². The SMILES string of the molecule is C#Cc1ncc(-c2c(-c3ccc(Oc4nccc(C)n4)c(F)c3)c3c(C)ncnc3n2C)c(C)n1. The van der Waals surface area contributed by atoms with Crippen molar-refractivity contribution in [3.05, 3.63) is 71.7 Å². The van der Waals surface area contributed by atoms with Crippen molar-refractivity contribution in [3.63, 3.8) is 0 Å². The number of halogens is 1. The minimum atomic E-state index is -0.555. The summed E-state index contributed by atoms with van der Waals surface area (Å²) in [5.74, 6) is 2.22. The highest BCUT2D eigenvalue weighted by Gasteiger charge is 2.24. The average Bonchev–Trinajstić information content (AvgIpc) is 3.14. The number of aromatic nitrogens is 7. The molecule has 0 fully saturated rings. The van der Waals surface area contributed by atoms with E-state index in [-0.39, 0.29) is 11.8 Å². The molecular formula is C26H20FN7O. The second kappa shape index (κ2) is 8.57. The zero-order valence-electron chi connectivity index (χ0n) is 19.5. The van der Waals surface area contributed by atoms with Gasteiger partial charge in [0.05, 0.1) is 17.1 Å². The van der Waals surface area contributed by atoms with Crippen molar-refractivity contribution in [1.29, 1.82) is 0 Å². The number of benzene rings is 1. The summed E-state index contributed by atoms with van der Waals surface area (Å²) in [5, 5.41) is 0.806. The van der Waals surface area contributed by atoms with Gasteiger partial charge in [-0.2, -0.15) is 0 Å². The van der Waals surface area contributed by atoms with Crippen LogP contribution in [-0.2, 0) is 7.05 Å². The third-order valence-corrected chi connectivity index (χ3v) is 5.71. The molecule has 4 heterocycles. The fourth-order valence-corrected chi connectivity index (χ4v) is 4.08. The maximum absolute atomic E-state index is 15.3. The van der Waals surface area contributed by atoms with Crippen LogP contribution in [0.25, 0.3) is 33.4 Å². The number of hydrogen-bond donors (Lipinski definition) is 0. The number of rotatable bonds is 4. The Morgan fingerprint density at radius 2 is 1.83 bits per heavy atom. The van der Waals surface area contributed by atoms with E-state index in [1.165, 1.54) is 12.4 Å². The Bertz CT molecular complexity index is 1650. The van der Waals surface area contributed by atoms with Crippen molar-refractivity contribution in [2.24, 2.45) is 7.05 Å². The number of nitrogens with zero attached hydrogens (tertiary/aromatic N) is 7. The van der Waals surface area contributed by atoms with Gasteiger partial charge in [0.25, 0.3) is 0 Å². The molecule has 1 aromatic carbocycles. The van der Waals surface area contributed by atoms with E-state index in [2.05, 4.69) is 35.8 Å². The molecule has 0 spiro atoms. The van der Waals surface area contributed by atoms with Gasteiger partial charge in [0.15, 0.2) is 11.6 Å². The van der Waals surface area contributed by atoms with E-state index in [0.29, 0.717) is 22.7 Å². The van der Waals surface area contributed by atoms with Crippen molar-refractivity contribution in [1.82, 2.24) is 34.5 Å². The van der Waals surface area contributed by atoms with Gasteiger partial charge in [-0.15, -0.1) is 6.42 Å². The van der Waals surface area contributed by atoms with Crippen molar-refractivity contribution >= 4 is 11.0 Å². The van der Waals surface area contributed by atoms with Gasteiger partial charge in [-0.25, -0.2) is 34.3 Å². The minimum absolute atomic E-state index is 0.0204. The Morgan fingerprint density at radius 3 is 2.54 bits per heavy atom. The highest BCUT2D eigenvalue weighted by Crippen LogP contribution is 2.42. The first-order chi connectivity index (χ1) is 16.9. The lowest BCUT2D eigenvalue weighted by Crippen LogP contribution is -2.00. The van der Waals surface area contributed by atoms with Crippen molar-refractivity contribution in [2.75, 3.05) is 0 Å². The fourth-order valence-electron chi connectivity index (χ4n) is 4.08. The molecule has 0 aliphatic carbocycles. The van der Waals surface area contributed by atoms with E-state index in [1.807, 2.05) is 32.4 Å². The van der Waals surface area contributed by atoms with E-state index in [4.69, 9.17) is 11.2 Å². The first-order valence-corrected chi connectivity index (χ1v) is 10.8. The monoisotopic (exact) mass is 465 g/mol. The van der Waals surface area contributed by atoms with Crippen LogP contribution in [0.3, 0.4) is 0 Å². The van der Waals surface area contributed by atoms with Crippen LogP contribution >= 0.6 is 0 Å². The predicted octanol–water partition coefficient (Wildman–Crippen LogP) is 4.72. The van der Waals surface area contributed by atoms with Gasteiger partial charge >= 0.3 is 6.01 Å². The van der Waals surface area contributed by atoms with Crippen molar-refractivity contribution in [3.8, 4) is 46.5 Å². The summed E-state index contributed by atoms with van der Waals surface area (Å²) in [6.45, 7) is 5.56. The summed E-state index contributed by atoms with van der Waals surface area (Å²) in [5.41, 5.74) is 5.81. The topological polar surface area (TPSA) is 91.5 Å². The van der Waals surface area contributed by atoms with Crippen molar-refractivity contribution in [2.45, 2.75) is 20.8 Å². The Labute approximate surface area is 200 Å². The summed E-state index contributed by atoms with van der Waals surface area (Å²) >= 11 is 0. The maximum Gasteiger partial charge on any atom is 0.322 e. The molecule has 0 bridgehead atoms. The summed E-state index contributed by atoms with van der Waals surface area (Å²) in [4.78, 5) is 25.8. The number of fused-ring (bicyclic) bond motifs is 1. The zero-order chi connectivity index (χ0) is 24.7. The summed E-state index contributed by atoms with van der Waals surface area (Å²) in [6.07, 6.45) is 10.2. The molecule has 0 saturated heterocycles. The molecule has 0 N–H and O–H groups in total.